The summed E-state index contributed by atoms with van der Waals surface area (Å²) in [5.74, 6) is -0.628. The fourth-order valence-electron chi connectivity index (χ4n) is 4.75. The van der Waals surface area contributed by atoms with Crippen LogP contribution < -0.4 is 4.90 Å². The van der Waals surface area contributed by atoms with Crippen molar-refractivity contribution in [2.24, 2.45) is 0 Å². The maximum Gasteiger partial charge on any atom is 0.263 e. The number of carbonyl (C=O) groups excluding carboxylic acids is 2. The predicted octanol–water partition coefficient (Wildman–Crippen LogP) is 2.92. The number of anilines is 1. The molecule has 0 aromatic heterocycles. The Bertz CT molecular complexity index is 997. The molecule has 0 aliphatic carbocycles. The first-order valence-electron chi connectivity index (χ1n) is 10.9. The Balaban J connectivity index is 1.29. The summed E-state index contributed by atoms with van der Waals surface area (Å²) in [6.07, 6.45) is 1.79. The van der Waals surface area contributed by atoms with E-state index in [9.17, 15) is 14.0 Å². The molecule has 3 heterocycles. The molecule has 6 nitrogen and oxygen atoms in total. The van der Waals surface area contributed by atoms with Gasteiger partial charge in [-0.2, -0.15) is 0 Å². The van der Waals surface area contributed by atoms with Crippen LogP contribution in [0.3, 0.4) is 0 Å². The smallest absolute Gasteiger partial charge is 0.263 e. The summed E-state index contributed by atoms with van der Waals surface area (Å²) in [5, 5.41) is 0. The highest BCUT2D eigenvalue weighted by Crippen LogP contribution is 2.33. The van der Waals surface area contributed by atoms with Crippen molar-refractivity contribution in [2.75, 3.05) is 44.2 Å². The second kappa shape index (κ2) is 8.40. The van der Waals surface area contributed by atoms with Crippen molar-refractivity contribution in [3.8, 4) is 0 Å². The minimum atomic E-state index is -0.226. The number of halogens is 1. The highest BCUT2D eigenvalue weighted by atomic mass is 19.1. The number of hydrogen-bond acceptors (Lipinski definition) is 5. The molecule has 162 valence electrons. The van der Waals surface area contributed by atoms with Gasteiger partial charge in [0.1, 0.15) is 5.82 Å². The molecule has 2 saturated heterocycles. The van der Waals surface area contributed by atoms with Gasteiger partial charge in [-0.1, -0.05) is 24.3 Å². The SMILES string of the molecule is O=C1c2cccc(N3CCN(Cc4ccccc4F)CC3)c2C(=O)N1CC1CCCO1. The third kappa shape index (κ3) is 3.83. The molecule has 1 atom stereocenters. The van der Waals surface area contributed by atoms with Crippen molar-refractivity contribution in [2.45, 2.75) is 25.5 Å². The maximum absolute atomic E-state index is 14.0. The van der Waals surface area contributed by atoms with Gasteiger partial charge in [-0.3, -0.25) is 19.4 Å². The van der Waals surface area contributed by atoms with Gasteiger partial charge in [-0.15, -0.1) is 0 Å². The van der Waals surface area contributed by atoms with Crippen LogP contribution in [-0.2, 0) is 11.3 Å². The van der Waals surface area contributed by atoms with E-state index < -0.39 is 0 Å². The summed E-state index contributed by atoms with van der Waals surface area (Å²) in [4.78, 5) is 31.8. The Labute approximate surface area is 181 Å². The molecule has 2 aromatic carbocycles. The van der Waals surface area contributed by atoms with Crippen LogP contribution in [0.2, 0.25) is 0 Å². The number of imide groups is 1. The number of hydrogen-bond donors (Lipinski definition) is 0. The van der Waals surface area contributed by atoms with Gasteiger partial charge in [-0.25, -0.2) is 4.39 Å². The Morgan fingerprint density at radius 2 is 1.77 bits per heavy atom. The first-order chi connectivity index (χ1) is 15.1. The molecule has 0 bridgehead atoms. The van der Waals surface area contributed by atoms with Gasteiger partial charge in [0.15, 0.2) is 0 Å². The molecule has 2 amide bonds. The highest BCUT2D eigenvalue weighted by molar-refractivity contribution is 6.23. The molecule has 3 aliphatic rings. The van der Waals surface area contributed by atoms with Crippen LogP contribution in [0, 0.1) is 5.82 Å². The zero-order chi connectivity index (χ0) is 21.4. The van der Waals surface area contributed by atoms with E-state index in [2.05, 4.69) is 9.80 Å². The number of rotatable bonds is 5. The number of fused-ring (bicyclic) bond motifs is 1. The summed E-state index contributed by atoms with van der Waals surface area (Å²) >= 11 is 0. The lowest BCUT2D eigenvalue weighted by Crippen LogP contribution is -2.46. The number of amides is 2. The average Bonchev–Trinajstić information content (AvgIpc) is 3.39. The normalized spacial score (nSPS) is 21.8. The molecule has 31 heavy (non-hydrogen) atoms. The zero-order valence-corrected chi connectivity index (χ0v) is 17.4. The fourth-order valence-corrected chi connectivity index (χ4v) is 4.75. The predicted molar refractivity (Wildman–Crippen MR) is 115 cm³/mol. The van der Waals surface area contributed by atoms with Crippen LogP contribution in [0.4, 0.5) is 10.1 Å². The highest BCUT2D eigenvalue weighted by Gasteiger charge is 2.40. The maximum atomic E-state index is 14.0. The zero-order valence-electron chi connectivity index (χ0n) is 17.4. The van der Waals surface area contributed by atoms with E-state index in [1.807, 2.05) is 24.3 Å². The molecule has 2 fully saturated rings. The summed E-state index contributed by atoms with van der Waals surface area (Å²) in [6.45, 7) is 4.55. The van der Waals surface area contributed by atoms with E-state index in [1.54, 1.807) is 12.1 Å². The molecule has 7 heteroatoms. The summed E-state index contributed by atoms with van der Waals surface area (Å²) in [5.41, 5.74) is 2.50. The molecule has 0 saturated carbocycles. The van der Waals surface area contributed by atoms with Crippen LogP contribution in [0.5, 0.6) is 0 Å². The molecule has 1 unspecified atom stereocenters. The topological polar surface area (TPSA) is 53.1 Å². The molecule has 5 rings (SSSR count). The minimum Gasteiger partial charge on any atom is -0.376 e. The molecule has 0 spiro atoms. The molecule has 0 radical (unpaired) electrons. The van der Waals surface area contributed by atoms with E-state index in [0.717, 1.165) is 44.7 Å². The van der Waals surface area contributed by atoms with Gasteiger partial charge in [0.05, 0.1) is 29.5 Å². The Kier molecular flexibility index (Phi) is 5.46. The first kappa shape index (κ1) is 20.2. The van der Waals surface area contributed by atoms with Gasteiger partial charge in [-0.05, 0) is 31.0 Å². The number of benzene rings is 2. The molecular formula is C24H26FN3O3. The standard InChI is InChI=1S/C24H26FN3O3/c25-20-8-2-1-5-17(20)15-26-10-12-27(13-11-26)21-9-3-7-19-22(21)24(30)28(23(19)29)16-18-6-4-14-31-18/h1-3,5,7-9,18H,4,6,10-16H2. The van der Waals surface area contributed by atoms with Gasteiger partial charge in [0, 0.05) is 44.9 Å². The Morgan fingerprint density at radius 1 is 0.968 bits per heavy atom. The second-order valence-electron chi connectivity index (χ2n) is 8.41. The van der Waals surface area contributed by atoms with Crippen LogP contribution in [0.15, 0.2) is 42.5 Å². The van der Waals surface area contributed by atoms with E-state index >= 15 is 0 Å². The van der Waals surface area contributed by atoms with Crippen LogP contribution >= 0.6 is 0 Å². The minimum absolute atomic E-state index is 0.0624. The van der Waals surface area contributed by atoms with E-state index in [-0.39, 0.29) is 23.7 Å². The number of piperazine rings is 1. The molecule has 0 N–H and O–H groups in total. The van der Waals surface area contributed by atoms with Crippen LogP contribution in [0.25, 0.3) is 0 Å². The molecule has 2 aromatic rings. The van der Waals surface area contributed by atoms with Gasteiger partial charge in [0.2, 0.25) is 0 Å². The average molecular weight is 423 g/mol. The number of nitrogens with zero attached hydrogens (tertiary/aromatic N) is 3. The van der Waals surface area contributed by atoms with Crippen molar-refractivity contribution in [3.63, 3.8) is 0 Å². The lowest BCUT2D eigenvalue weighted by Gasteiger charge is -2.36. The number of carbonyl (C=O) groups is 2. The van der Waals surface area contributed by atoms with Crippen molar-refractivity contribution in [1.29, 1.82) is 0 Å². The van der Waals surface area contributed by atoms with Crippen molar-refractivity contribution in [3.05, 3.63) is 65.0 Å². The van der Waals surface area contributed by atoms with Crippen molar-refractivity contribution < 1.29 is 18.7 Å². The lowest BCUT2D eigenvalue weighted by atomic mass is 10.1. The van der Waals surface area contributed by atoms with E-state index in [4.69, 9.17) is 4.74 Å². The largest absolute Gasteiger partial charge is 0.376 e. The lowest BCUT2D eigenvalue weighted by molar-refractivity contribution is 0.0475. The van der Waals surface area contributed by atoms with Gasteiger partial charge >= 0.3 is 0 Å². The van der Waals surface area contributed by atoms with Crippen molar-refractivity contribution >= 4 is 17.5 Å². The van der Waals surface area contributed by atoms with E-state index in [0.29, 0.717) is 36.4 Å². The summed E-state index contributed by atoms with van der Waals surface area (Å²) in [6, 6.07) is 12.4. The van der Waals surface area contributed by atoms with Crippen molar-refractivity contribution in [1.82, 2.24) is 9.80 Å². The third-order valence-corrected chi connectivity index (χ3v) is 6.45. The quantitative estimate of drug-likeness (QED) is 0.693. The monoisotopic (exact) mass is 423 g/mol. The molecular weight excluding hydrogens is 397 g/mol. The Hall–Kier alpha value is -2.77. The number of ether oxygens (including phenoxy) is 1. The fraction of sp³-hybridized carbons (Fsp3) is 0.417. The van der Waals surface area contributed by atoms with E-state index in [1.165, 1.54) is 11.0 Å². The third-order valence-electron chi connectivity index (χ3n) is 6.45. The Morgan fingerprint density at radius 3 is 2.52 bits per heavy atom. The summed E-state index contributed by atoms with van der Waals surface area (Å²) < 4.78 is 19.6. The summed E-state index contributed by atoms with van der Waals surface area (Å²) in [7, 11) is 0. The van der Waals surface area contributed by atoms with Gasteiger partial charge in [0.25, 0.3) is 11.8 Å². The van der Waals surface area contributed by atoms with Gasteiger partial charge < -0.3 is 9.64 Å². The molecule has 3 aliphatic heterocycles. The second-order valence-corrected chi connectivity index (χ2v) is 8.41. The van der Waals surface area contributed by atoms with Crippen LogP contribution in [0.1, 0.15) is 39.1 Å². The first-order valence-corrected chi connectivity index (χ1v) is 10.9. The van der Waals surface area contributed by atoms with Crippen LogP contribution in [-0.4, -0.2) is 67.0 Å².